The summed E-state index contributed by atoms with van der Waals surface area (Å²) >= 11 is 1.91. The van der Waals surface area contributed by atoms with Gasteiger partial charge in [0.1, 0.15) is 0 Å². The minimum absolute atomic E-state index is 0.447. The van der Waals surface area contributed by atoms with Crippen molar-refractivity contribution >= 4 is 39.6 Å². The van der Waals surface area contributed by atoms with Crippen molar-refractivity contribution in [2.75, 3.05) is 4.90 Å². The molecule has 1 nitrogen and oxygen atoms in total. The van der Waals surface area contributed by atoms with E-state index < -0.39 is 5.41 Å². The van der Waals surface area contributed by atoms with Crippen LogP contribution in [-0.2, 0) is 5.41 Å². The van der Waals surface area contributed by atoms with E-state index in [2.05, 4.69) is 241 Å². The summed E-state index contributed by atoms with van der Waals surface area (Å²) in [7, 11) is 0. The zero-order valence-electron chi connectivity index (χ0n) is 33.4. The lowest BCUT2D eigenvalue weighted by Crippen LogP contribution is -2.32. The van der Waals surface area contributed by atoms with E-state index in [-0.39, 0.29) is 0 Å². The second kappa shape index (κ2) is 14.4. The first-order valence-electron chi connectivity index (χ1n) is 21.0. The van der Waals surface area contributed by atoms with Gasteiger partial charge in [0.15, 0.2) is 0 Å². The molecule has 1 aliphatic carbocycles. The molecule has 1 atom stereocenters. The van der Waals surface area contributed by atoms with Gasteiger partial charge in [0.25, 0.3) is 0 Å². The van der Waals surface area contributed by atoms with Crippen LogP contribution in [0.1, 0.15) is 22.3 Å². The summed E-state index contributed by atoms with van der Waals surface area (Å²) in [5.41, 5.74) is 18.2. The Hall–Kier alpha value is -7.39. The largest absolute Gasteiger partial charge is 0.311 e. The van der Waals surface area contributed by atoms with E-state index in [0.29, 0.717) is 0 Å². The third-order valence-corrected chi connectivity index (χ3v) is 14.0. The van der Waals surface area contributed by atoms with E-state index >= 15 is 0 Å². The van der Waals surface area contributed by atoms with Crippen molar-refractivity contribution in [2.24, 2.45) is 0 Å². The average Bonchev–Trinajstić information content (AvgIpc) is 3.64. The Bertz CT molecular complexity index is 3160. The standard InChI is InChI=1S/C59H39NS/c1-3-14-40(15-4-1)42-26-33-46(34-27-42)60(47-35-28-43(29-36-47)41-16-5-2-6-17-41)48-37-30-45(31-38-48)50-21-13-24-55-58(50)61-56-25-12-11-23-53(56)59(55)52-22-10-9-20-51(52)57-49-19-8-7-18-44(49)32-39-54(57)59/h1-39H. The SMILES string of the molecule is c1ccc(-c2ccc(N(c3ccc(-c4ccccc4)cc3)c3ccc(-c4cccc5c4Sc4ccccc4C54c5ccccc5-c5c4ccc4ccccc54)cc3)cc2)cc1. The van der Waals surface area contributed by atoms with Crippen LogP contribution in [0.15, 0.2) is 246 Å². The highest BCUT2D eigenvalue weighted by atomic mass is 32.2. The van der Waals surface area contributed by atoms with Crippen LogP contribution in [0.25, 0.3) is 55.3 Å². The molecule has 0 N–H and O–H groups in total. The van der Waals surface area contributed by atoms with Gasteiger partial charge in [0.05, 0.1) is 5.41 Å². The summed E-state index contributed by atoms with van der Waals surface area (Å²) in [5.74, 6) is 0. The van der Waals surface area contributed by atoms with Crippen LogP contribution < -0.4 is 4.90 Å². The highest BCUT2D eigenvalue weighted by Crippen LogP contribution is 2.64. The maximum atomic E-state index is 2.41. The lowest BCUT2D eigenvalue weighted by atomic mass is 9.67. The second-order valence-corrected chi connectivity index (χ2v) is 17.0. The molecule has 0 aromatic heterocycles. The third kappa shape index (κ3) is 5.64. The number of rotatable bonds is 6. The molecule has 61 heavy (non-hydrogen) atoms. The number of fused-ring (bicyclic) bond motifs is 11. The minimum Gasteiger partial charge on any atom is -0.311 e. The zero-order valence-corrected chi connectivity index (χ0v) is 34.2. The smallest absolute Gasteiger partial charge is 0.0735 e. The molecule has 0 amide bonds. The molecule has 2 aliphatic rings. The first-order chi connectivity index (χ1) is 30.3. The Morgan fingerprint density at radius 1 is 0.311 bits per heavy atom. The molecule has 10 aromatic carbocycles. The van der Waals surface area contributed by atoms with E-state index in [1.54, 1.807) is 0 Å². The van der Waals surface area contributed by atoms with Crippen molar-refractivity contribution in [3.05, 3.63) is 259 Å². The first-order valence-corrected chi connectivity index (χ1v) is 21.8. The van der Waals surface area contributed by atoms with Crippen molar-refractivity contribution < 1.29 is 0 Å². The van der Waals surface area contributed by atoms with Gasteiger partial charge in [0, 0.05) is 26.9 Å². The van der Waals surface area contributed by atoms with E-state index in [9.17, 15) is 0 Å². The normalized spacial score (nSPS) is 14.6. The Balaban J connectivity index is 0.993. The summed E-state index contributed by atoms with van der Waals surface area (Å²) in [6.07, 6.45) is 0. The van der Waals surface area contributed by atoms with Crippen LogP contribution in [0.4, 0.5) is 17.1 Å². The molecule has 0 saturated heterocycles. The van der Waals surface area contributed by atoms with E-state index in [0.717, 1.165) is 17.1 Å². The van der Waals surface area contributed by atoms with Gasteiger partial charge < -0.3 is 4.90 Å². The van der Waals surface area contributed by atoms with Gasteiger partial charge >= 0.3 is 0 Å². The van der Waals surface area contributed by atoms with Gasteiger partial charge in [-0.1, -0.05) is 206 Å². The van der Waals surface area contributed by atoms with Crippen molar-refractivity contribution in [3.63, 3.8) is 0 Å². The van der Waals surface area contributed by atoms with Crippen LogP contribution in [-0.4, -0.2) is 0 Å². The molecule has 2 heteroatoms. The predicted octanol–water partition coefficient (Wildman–Crippen LogP) is 16.1. The number of benzene rings is 10. The van der Waals surface area contributed by atoms with Gasteiger partial charge in [-0.3, -0.25) is 0 Å². The van der Waals surface area contributed by atoms with Gasteiger partial charge in [-0.05, 0) is 120 Å². The number of hydrogen-bond donors (Lipinski definition) is 0. The molecule has 286 valence electrons. The fourth-order valence-electron chi connectivity index (χ4n) is 10.0. The maximum absolute atomic E-state index is 2.41. The molecule has 1 spiro atoms. The fourth-order valence-corrected chi connectivity index (χ4v) is 11.3. The molecular weight excluding hydrogens is 755 g/mol. The third-order valence-electron chi connectivity index (χ3n) is 12.8. The summed E-state index contributed by atoms with van der Waals surface area (Å²) < 4.78 is 0. The topological polar surface area (TPSA) is 3.24 Å². The maximum Gasteiger partial charge on any atom is 0.0735 e. The van der Waals surface area contributed by atoms with Gasteiger partial charge in [-0.2, -0.15) is 0 Å². The van der Waals surface area contributed by atoms with Crippen molar-refractivity contribution in [3.8, 4) is 44.5 Å². The molecule has 1 unspecified atom stereocenters. The van der Waals surface area contributed by atoms with Crippen LogP contribution in [0.2, 0.25) is 0 Å². The van der Waals surface area contributed by atoms with Crippen LogP contribution >= 0.6 is 11.8 Å². The minimum atomic E-state index is -0.447. The van der Waals surface area contributed by atoms with Crippen molar-refractivity contribution in [1.82, 2.24) is 0 Å². The molecule has 12 rings (SSSR count). The second-order valence-electron chi connectivity index (χ2n) is 16.0. The molecule has 1 aliphatic heterocycles. The van der Waals surface area contributed by atoms with Crippen molar-refractivity contribution in [2.45, 2.75) is 15.2 Å². The first kappa shape index (κ1) is 35.5. The van der Waals surface area contributed by atoms with Crippen LogP contribution in [0, 0.1) is 0 Å². The molecule has 0 radical (unpaired) electrons. The Morgan fingerprint density at radius 2 is 0.803 bits per heavy atom. The molecule has 1 heterocycles. The van der Waals surface area contributed by atoms with Crippen LogP contribution in [0.5, 0.6) is 0 Å². The Morgan fingerprint density at radius 3 is 1.46 bits per heavy atom. The van der Waals surface area contributed by atoms with Gasteiger partial charge in [-0.15, -0.1) is 0 Å². The molecule has 10 aromatic rings. The summed E-state index contributed by atoms with van der Waals surface area (Å²) in [6.45, 7) is 0. The van der Waals surface area contributed by atoms with Gasteiger partial charge in [-0.25, -0.2) is 0 Å². The molecule has 0 saturated carbocycles. The average molecular weight is 794 g/mol. The van der Waals surface area contributed by atoms with E-state index in [1.165, 1.54) is 87.3 Å². The highest BCUT2D eigenvalue weighted by molar-refractivity contribution is 7.99. The van der Waals surface area contributed by atoms with Gasteiger partial charge in [0.2, 0.25) is 0 Å². The monoisotopic (exact) mass is 793 g/mol. The summed E-state index contributed by atoms with van der Waals surface area (Å²) in [4.78, 5) is 4.98. The predicted molar refractivity (Wildman–Crippen MR) is 256 cm³/mol. The lowest BCUT2D eigenvalue weighted by molar-refractivity contribution is 0.724. The fraction of sp³-hybridized carbons (Fsp3) is 0.0169. The Labute approximate surface area is 361 Å². The molecule has 0 fully saturated rings. The number of nitrogens with zero attached hydrogens (tertiary/aromatic N) is 1. The van der Waals surface area contributed by atoms with Crippen molar-refractivity contribution in [1.29, 1.82) is 0 Å². The molecular formula is C59H39NS. The van der Waals surface area contributed by atoms with E-state index in [1.807, 2.05) is 11.8 Å². The summed E-state index contributed by atoms with van der Waals surface area (Å²) in [6, 6.07) is 87.0. The molecule has 0 bridgehead atoms. The lowest BCUT2D eigenvalue weighted by Gasteiger charge is -2.40. The quantitative estimate of drug-likeness (QED) is 0.165. The summed E-state index contributed by atoms with van der Waals surface area (Å²) in [5, 5.41) is 2.58. The zero-order chi connectivity index (χ0) is 40.3. The number of hydrogen-bond acceptors (Lipinski definition) is 2. The number of anilines is 3. The van der Waals surface area contributed by atoms with Crippen LogP contribution in [0.3, 0.4) is 0 Å². The Kier molecular flexibility index (Phi) is 8.40. The van der Waals surface area contributed by atoms with E-state index in [4.69, 9.17) is 0 Å². The highest BCUT2D eigenvalue weighted by Gasteiger charge is 2.51.